The van der Waals surface area contributed by atoms with Crippen LogP contribution in [0.25, 0.3) is 0 Å². The summed E-state index contributed by atoms with van der Waals surface area (Å²) in [5, 5.41) is 26.1. The van der Waals surface area contributed by atoms with Crippen molar-refractivity contribution in [3.63, 3.8) is 0 Å². The van der Waals surface area contributed by atoms with Crippen molar-refractivity contribution < 1.29 is 43.9 Å². The molecule has 0 aliphatic heterocycles. The number of aliphatic hydroxyl groups excluding tert-OH is 1. The summed E-state index contributed by atoms with van der Waals surface area (Å²) in [6.45, 7) is 4.55. The van der Waals surface area contributed by atoms with Gasteiger partial charge in [-0.05, 0) is 83.0 Å². The van der Waals surface area contributed by atoms with Gasteiger partial charge in [-0.1, -0.05) is 133 Å². The van der Waals surface area contributed by atoms with Crippen molar-refractivity contribution in [3.05, 3.63) is 24.3 Å². The Labute approximate surface area is 343 Å². The van der Waals surface area contributed by atoms with E-state index in [2.05, 4.69) is 24.3 Å². The molecule has 1 unspecified atom stereocenters. The Balaban J connectivity index is 4.00. The molecule has 0 saturated carbocycles. The minimum Gasteiger partial charge on any atom is -0.481 e. The summed E-state index contributed by atoms with van der Waals surface area (Å²) in [6.07, 6.45) is 45.2. The van der Waals surface area contributed by atoms with Crippen LogP contribution in [-0.4, -0.2) is 86.7 Å². The number of ether oxygens (including phenoxy) is 4. The van der Waals surface area contributed by atoms with Crippen molar-refractivity contribution in [3.8, 4) is 0 Å². The minimum atomic E-state index is -0.679. The molecule has 0 aromatic carbocycles. The number of hydrogen-bond acceptors (Lipinski definition) is 7. The molecule has 56 heavy (non-hydrogen) atoms. The molecule has 1 atom stereocenters. The molecule has 9 nitrogen and oxygen atoms in total. The van der Waals surface area contributed by atoms with Crippen LogP contribution in [0.3, 0.4) is 0 Å². The van der Waals surface area contributed by atoms with E-state index in [4.69, 9.17) is 34.3 Å². The SMILES string of the molecule is O=C(O)CCCCCCCC=CCCCCCCCCCC(CCCCCCCCC=CCCCCCCCC(=O)O)COCCOCCOCCOCCO. The van der Waals surface area contributed by atoms with Crippen LogP contribution in [0.2, 0.25) is 0 Å². The summed E-state index contributed by atoms with van der Waals surface area (Å²) in [4.78, 5) is 21.1. The molecule has 0 heterocycles. The minimum absolute atomic E-state index is 0.0379. The lowest BCUT2D eigenvalue weighted by atomic mass is 9.94. The fourth-order valence-electron chi connectivity index (χ4n) is 6.88. The molecule has 0 aromatic rings. The summed E-state index contributed by atoms with van der Waals surface area (Å²) in [5.74, 6) is -0.721. The van der Waals surface area contributed by atoms with Gasteiger partial charge in [0.15, 0.2) is 0 Å². The summed E-state index contributed by atoms with van der Waals surface area (Å²) >= 11 is 0. The molecule has 0 aromatic heterocycles. The van der Waals surface area contributed by atoms with Crippen molar-refractivity contribution in [2.75, 3.05) is 59.5 Å². The lowest BCUT2D eigenvalue weighted by Gasteiger charge is -2.17. The molecular formula is C47H88O9. The summed E-state index contributed by atoms with van der Waals surface area (Å²) in [6, 6.07) is 0. The van der Waals surface area contributed by atoms with Crippen LogP contribution in [-0.2, 0) is 28.5 Å². The Morgan fingerprint density at radius 2 is 0.661 bits per heavy atom. The van der Waals surface area contributed by atoms with Gasteiger partial charge in [0.05, 0.1) is 52.9 Å². The Morgan fingerprint density at radius 1 is 0.375 bits per heavy atom. The van der Waals surface area contributed by atoms with Crippen molar-refractivity contribution in [2.24, 2.45) is 5.92 Å². The van der Waals surface area contributed by atoms with Gasteiger partial charge in [0.2, 0.25) is 0 Å². The highest BCUT2D eigenvalue weighted by molar-refractivity contribution is 5.66. The van der Waals surface area contributed by atoms with Crippen LogP contribution in [0.5, 0.6) is 0 Å². The fraction of sp³-hybridized carbons (Fsp3) is 0.872. The van der Waals surface area contributed by atoms with Gasteiger partial charge in [-0.15, -0.1) is 0 Å². The van der Waals surface area contributed by atoms with Crippen LogP contribution < -0.4 is 0 Å². The topological polar surface area (TPSA) is 132 Å². The van der Waals surface area contributed by atoms with Crippen molar-refractivity contribution in [1.29, 1.82) is 0 Å². The maximum absolute atomic E-state index is 10.6. The largest absolute Gasteiger partial charge is 0.481 e. The van der Waals surface area contributed by atoms with E-state index in [0.29, 0.717) is 65.0 Å². The summed E-state index contributed by atoms with van der Waals surface area (Å²) in [5.41, 5.74) is 0. The van der Waals surface area contributed by atoms with Gasteiger partial charge in [-0.2, -0.15) is 0 Å². The van der Waals surface area contributed by atoms with Gasteiger partial charge >= 0.3 is 11.9 Å². The molecule has 0 spiro atoms. The second-order valence-corrected chi connectivity index (χ2v) is 15.6. The highest BCUT2D eigenvalue weighted by Crippen LogP contribution is 2.20. The second kappa shape index (κ2) is 47.6. The number of carboxylic acids is 2. The molecule has 0 fully saturated rings. The Morgan fingerprint density at radius 3 is 1.00 bits per heavy atom. The third-order valence-electron chi connectivity index (χ3n) is 10.3. The van der Waals surface area contributed by atoms with Crippen molar-refractivity contribution in [1.82, 2.24) is 0 Å². The molecule has 9 heteroatoms. The Hall–Kier alpha value is -1.78. The van der Waals surface area contributed by atoms with Gasteiger partial charge in [-0.3, -0.25) is 9.59 Å². The van der Waals surface area contributed by atoms with Crippen molar-refractivity contribution >= 4 is 11.9 Å². The van der Waals surface area contributed by atoms with E-state index in [0.717, 1.165) is 58.0 Å². The van der Waals surface area contributed by atoms with Crippen LogP contribution in [0.4, 0.5) is 0 Å². The molecular weight excluding hydrogens is 709 g/mol. The molecule has 0 aliphatic carbocycles. The second-order valence-electron chi connectivity index (χ2n) is 15.6. The van der Waals surface area contributed by atoms with E-state index in [-0.39, 0.29) is 6.61 Å². The standard InChI is InChI=1S/C47H88O9/c48-36-37-53-38-39-54-40-41-55-42-43-56-44-45(33-29-25-21-17-13-9-5-3-7-11-15-19-23-27-31-35-47(51)52)32-28-24-20-16-12-8-4-1-2-6-10-14-18-22-26-30-34-46(49)50/h2-3,6-7,45,48H,1,4-5,8-44H2,(H,49,50)(H,51,52). The third kappa shape index (κ3) is 48.4. The monoisotopic (exact) mass is 797 g/mol. The first-order valence-electron chi connectivity index (χ1n) is 23.2. The number of rotatable bonds is 48. The molecule has 3 N–H and O–H groups in total. The first kappa shape index (κ1) is 54.2. The van der Waals surface area contributed by atoms with Gasteiger partial charge in [0, 0.05) is 19.4 Å². The zero-order valence-electron chi connectivity index (χ0n) is 36.0. The van der Waals surface area contributed by atoms with Crippen LogP contribution in [0, 0.1) is 5.92 Å². The molecule has 0 amide bonds. The molecule has 0 saturated heterocycles. The fourth-order valence-corrected chi connectivity index (χ4v) is 6.88. The van der Waals surface area contributed by atoms with E-state index in [1.165, 1.54) is 135 Å². The lowest BCUT2D eigenvalue weighted by Crippen LogP contribution is -2.15. The quantitative estimate of drug-likeness (QED) is 0.0407. The van der Waals surface area contributed by atoms with E-state index in [1.807, 2.05) is 0 Å². The number of allylic oxidation sites excluding steroid dienone is 4. The number of aliphatic hydroxyl groups is 1. The van der Waals surface area contributed by atoms with E-state index in [1.54, 1.807) is 0 Å². The first-order valence-corrected chi connectivity index (χ1v) is 23.2. The Kier molecular flexibility index (Phi) is 46.1. The maximum Gasteiger partial charge on any atom is 0.303 e. The number of unbranched alkanes of at least 4 members (excludes halogenated alkanes) is 23. The summed E-state index contributed by atoms with van der Waals surface area (Å²) < 4.78 is 22.4. The van der Waals surface area contributed by atoms with E-state index >= 15 is 0 Å². The highest BCUT2D eigenvalue weighted by atomic mass is 16.6. The molecule has 0 aliphatic rings. The lowest BCUT2D eigenvalue weighted by molar-refractivity contribution is -0.138. The van der Waals surface area contributed by atoms with Gasteiger partial charge in [0.25, 0.3) is 0 Å². The maximum atomic E-state index is 10.6. The molecule has 330 valence electrons. The predicted molar refractivity (Wildman–Crippen MR) is 231 cm³/mol. The molecule has 0 rings (SSSR count). The molecule has 0 bridgehead atoms. The van der Waals surface area contributed by atoms with E-state index < -0.39 is 11.9 Å². The van der Waals surface area contributed by atoms with Crippen LogP contribution in [0.1, 0.15) is 199 Å². The number of hydrogen-bond donors (Lipinski definition) is 3. The molecule has 0 radical (unpaired) electrons. The number of aliphatic carboxylic acids is 2. The van der Waals surface area contributed by atoms with Gasteiger partial charge < -0.3 is 34.3 Å². The van der Waals surface area contributed by atoms with Gasteiger partial charge in [0.1, 0.15) is 0 Å². The van der Waals surface area contributed by atoms with E-state index in [9.17, 15) is 9.59 Å². The zero-order valence-corrected chi connectivity index (χ0v) is 36.0. The zero-order chi connectivity index (χ0) is 40.7. The average molecular weight is 797 g/mol. The smallest absolute Gasteiger partial charge is 0.303 e. The highest BCUT2D eigenvalue weighted by Gasteiger charge is 2.09. The van der Waals surface area contributed by atoms with Crippen molar-refractivity contribution in [2.45, 2.75) is 199 Å². The van der Waals surface area contributed by atoms with Crippen LogP contribution >= 0.6 is 0 Å². The third-order valence-corrected chi connectivity index (χ3v) is 10.3. The van der Waals surface area contributed by atoms with Gasteiger partial charge in [-0.25, -0.2) is 0 Å². The first-order chi connectivity index (χ1) is 27.6. The number of carboxylic acid groups (broad SMARTS) is 2. The average Bonchev–Trinajstić information content (AvgIpc) is 3.18. The van der Waals surface area contributed by atoms with Crippen LogP contribution in [0.15, 0.2) is 24.3 Å². The predicted octanol–water partition coefficient (Wildman–Crippen LogP) is 12.0. The Bertz CT molecular complexity index is 863. The normalized spacial score (nSPS) is 12.4. The summed E-state index contributed by atoms with van der Waals surface area (Å²) in [7, 11) is 0. The number of carbonyl (C=O) groups is 2.